The lowest BCUT2D eigenvalue weighted by atomic mass is 9.44. The summed E-state index contributed by atoms with van der Waals surface area (Å²) in [6.45, 7) is 3.52. The van der Waals surface area contributed by atoms with Crippen LogP contribution in [0.5, 0.6) is 5.75 Å². The van der Waals surface area contributed by atoms with Crippen molar-refractivity contribution in [1.82, 2.24) is 10.2 Å². The molecule has 1 amide bonds. The lowest BCUT2D eigenvalue weighted by Gasteiger charge is -2.64. The predicted molar refractivity (Wildman–Crippen MR) is 126 cm³/mol. The molecule has 6 atom stereocenters. The Labute approximate surface area is 191 Å². The Balaban J connectivity index is 1.48. The molecule has 32 heavy (non-hydrogen) atoms. The van der Waals surface area contributed by atoms with Crippen LogP contribution in [-0.2, 0) is 11.8 Å². The molecule has 4 bridgehead atoms. The maximum absolute atomic E-state index is 13.5. The number of rotatable bonds is 3. The molecule has 2 aromatic carbocycles. The molecule has 1 N–H and O–H groups in total. The third kappa shape index (κ3) is 2.45. The smallest absolute Gasteiger partial charge is 0.253 e. The van der Waals surface area contributed by atoms with Crippen molar-refractivity contribution in [2.75, 3.05) is 20.7 Å². The number of benzene rings is 2. The van der Waals surface area contributed by atoms with Gasteiger partial charge in [-0.3, -0.25) is 4.79 Å². The van der Waals surface area contributed by atoms with Gasteiger partial charge in [0.25, 0.3) is 5.91 Å². The second kappa shape index (κ2) is 7.08. The first-order valence-corrected chi connectivity index (χ1v) is 12.2. The molecule has 4 nitrogen and oxygen atoms in total. The Morgan fingerprint density at radius 1 is 1.16 bits per heavy atom. The van der Waals surface area contributed by atoms with Crippen molar-refractivity contribution in [3.63, 3.8) is 0 Å². The lowest BCUT2D eigenvalue weighted by Crippen LogP contribution is -2.69. The molecule has 1 aliphatic heterocycles. The van der Waals surface area contributed by atoms with E-state index in [0.717, 1.165) is 37.1 Å². The van der Waals surface area contributed by atoms with Gasteiger partial charge < -0.3 is 15.0 Å². The minimum Gasteiger partial charge on any atom is -0.497 e. The molecule has 1 saturated heterocycles. The number of amides is 1. The van der Waals surface area contributed by atoms with Gasteiger partial charge >= 0.3 is 0 Å². The molecule has 0 spiro atoms. The molecule has 2 saturated carbocycles. The van der Waals surface area contributed by atoms with Crippen LogP contribution in [0, 0.1) is 17.3 Å². The zero-order valence-electron chi connectivity index (χ0n) is 19.4. The quantitative estimate of drug-likeness (QED) is 0.783. The summed E-state index contributed by atoms with van der Waals surface area (Å²) in [7, 11) is 3.82. The fourth-order valence-corrected chi connectivity index (χ4v) is 8.72. The molecule has 0 aromatic heterocycles. The molecule has 4 heteroatoms. The number of carbonyl (C=O) groups excluding carboxylic acids is 1. The van der Waals surface area contributed by atoms with Gasteiger partial charge in [0.2, 0.25) is 0 Å². The molecule has 4 aliphatic rings. The first-order valence-electron chi connectivity index (χ1n) is 12.2. The summed E-state index contributed by atoms with van der Waals surface area (Å²) >= 11 is 0. The molecular weight excluding hydrogens is 396 g/mol. The summed E-state index contributed by atoms with van der Waals surface area (Å²) in [6, 6.07) is 17.4. The first kappa shape index (κ1) is 20.3. The summed E-state index contributed by atoms with van der Waals surface area (Å²) < 4.78 is 5.70. The third-order valence-electron chi connectivity index (χ3n) is 9.69. The van der Waals surface area contributed by atoms with Crippen molar-refractivity contribution < 1.29 is 9.53 Å². The largest absolute Gasteiger partial charge is 0.497 e. The van der Waals surface area contributed by atoms with Crippen LogP contribution in [0.2, 0.25) is 0 Å². The van der Waals surface area contributed by atoms with E-state index in [-0.39, 0.29) is 17.4 Å². The highest BCUT2D eigenvalue weighted by atomic mass is 16.5. The monoisotopic (exact) mass is 430 g/mol. The van der Waals surface area contributed by atoms with Crippen LogP contribution in [0.3, 0.4) is 0 Å². The maximum atomic E-state index is 13.5. The second-order valence-corrected chi connectivity index (χ2v) is 10.7. The molecule has 3 fully saturated rings. The zero-order chi connectivity index (χ0) is 22.1. The Morgan fingerprint density at radius 2 is 1.97 bits per heavy atom. The van der Waals surface area contributed by atoms with Gasteiger partial charge in [0.05, 0.1) is 7.11 Å². The van der Waals surface area contributed by atoms with Gasteiger partial charge in [0.1, 0.15) is 5.75 Å². The van der Waals surface area contributed by atoms with E-state index in [1.54, 1.807) is 7.11 Å². The Morgan fingerprint density at radius 3 is 2.75 bits per heavy atom. The molecule has 6 rings (SSSR count). The Kier molecular flexibility index (Phi) is 4.49. The lowest BCUT2D eigenvalue weighted by molar-refractivity contribution is -0.0513. The maximum Gasteiger partial charge on any atom is 0.253 e. The van der Waals surface area contributed by atoms with E-state index in [1.807, 2.05) is 37.4 Å². The van der Waals surface area contributed by atoms with Crippen LogP contribution in [0.25, 0.3) is 0 Å². The van der Waals surface area contributed by atoms with Gasteiger partial charge in [-0.2, -0.15) is 0 Å². The van der Waals surface area contributed by atoms with Gasteiger partial charge in [-0.1, -0.05) is 31.2 Å². The van der Waals surface area contributed by atoms with E-state index < -0.39 is 0 Å². The average Bonchev–Trinajstić information content (AvgIpc) is 3.00. The number of carbonyl (C=O) groups is 1. The first-order chi connectivity index (χ1) is 15.5. The van der Waals surface area contributed by atoms with E-state index in [2.05, 4.69) is 35.3 Å². The average molecular weight is 431 g/mol. The SMILES string of the molecule is COc1ccc2c(c1)C13CCNC(C2)C12CCC(N(C)C(=O)c1ccccc1)C3[C@@H](C)C2. The van der Waals surface area contributed by atoms with Crippen molar-refractivity contribution in [1.29, 1.82) is 0 Å². The zero-order valence-corrected chi connectivity index (χ0v) is 19.4. The fraction of sp³-hybridized carbons (Fsp3) is 0.536. The molecule has 2 aromatic rings. The highest BCUT2D eigenvalue weighted by Gasteiger charge is 2.72. The third-order valence-corrected chi connectivity index (χ3v) is 9.69. The predicted octanol–water partition coefficient (Wildman–Crippen LogP) is 4.43. The van der Waals surface area contributed by atoms with Crippen LogP contribution < -0.4 is 10.1 Å². The topological polar surface area (TPSA) is 41.6 Å². The van der Waals surface area contributed by atoms with E-state index in [0.29, 0.717) is 23.3 Å². The van der Waals surface area contributed by atoms with Crippen molar-refractivity contribution in [2.24, 2.45) is 17.3 Å². The Hall–Kier alpha value is -2.33. The van der Waals surface area contributed by atoms with Crippen molar-refractivity contribution in [3.8, 4) is 5.75 Å². The normalized spacial score (nSPS) is 36.7. The summed E-state index contributed by atoms with van der Waals surface area (Å²) in [4.78, 5) is 15.6. The van der Waals surface area contributed by atoms with Crippen LogP contribution in [0.1, 0.15) is 54.1 Å². The van der Waals surface area contributed by atoms with Gasteiger partial charge in [-0.15, -0.1) is 0 Å². The van der Waals surface area contributed by atoms with Crippen LogP contribution in [0.15, 0.2) is 48.5 Å². The number of methoxy groups -OCH3 is 1. The van der Waals surface area contributed by atoms with Crippen LogP contribution in [-0.4, -0.2) is 43.6 Å². The van der Waals surface area contributed by atoms with Crippen molar-refractivity contribution in [3.05, 3.63) is 65.2 Å². The number of fused-ring (bicyclic) bond motifs is 1. The van der Waals surface area contributed by atoms with Gasteiger partial charge in [-0.05, 0) is 91.3 Å². The number of nitrogens with one attached hydrogen (secondary N) is 1. The number of nitrogens with zero attached hydrogens (tertiary/aromatic N) is 1. The van der Waals surface area contributed by atoms with E-state index >= 15 is 0 Å². The molecule has 5 unspecified atom stereocenters. The summed E-state index contributed by atoms with van der Waals surface area (Å²) in [5.74, 6) is 2.19. The second-order valence-electron chi connectivity index (χ2n) is 10.7. The molecule has 0 radical (unpaired) electrons. The van der Waals surface area contributed by atoms with Gasteiger partial charge in [0, 0.05) is 30.1 Å². The van der Waals surface area contributed by atoms with Crippen LogP contribution in [0.4, 0.5) is 0 Å². The summed E-state index contributed by atoms with van der Waals surface area (Å²) in [6.07, 6.45) is 5.82. The molecule has 168 valence electrons. The van der Waals surface area contributed by atoms with Crippen LogP contribution >= 0.6 is 0 Å². The highest BCUT2D eigenvalue weighted by Crippen LogP contribution is 2.72. The van der Waals surface area contributed by atoms with Crippen molar-refractivity contribution in [2.45, 2.75) is 56.5 Å². The van der Waals surface area contributed by atoms with E-state index in [9.17, 15) is 4.79 Å². The summed E-state index contributed by atoms with van der Waals surface area (Å²) in [5.41, 5.74) is 4.22. The highest BCUT2D eigenvalue weighted by molar-refractivity contribution is 5.94. The Bertz CT molecular complexity index is 1050. The number of hydrogen-bond donors (Lipinski definition) is 1. The standard InChI is InChI=1S/C28H34N2O2/c1-18-17-27-12-11-23(30(2)26(31)19-7-5-4-6-8-19)25(18)28(27)13-14-29-24(27)15-20-9-10-21(32-3)16-22(20)28/h4-10,16,18,23-25,29H,11-15,17H2,1-3H3/t18-,23?,24?,25?,27?,28?/m0/s1. The summed E-state index contributed by atoms with van der Waals surface area (Å²) in [5, 5.41) is 3.93. The fourth-order valence-electron chi connectivity index (χ4n) is 8.72. The van der Waals surface area contributed by atoms with E-state index in [1.165, 1.54) is 24.0 Å². The van der Waals surface area contributed by atoms with Gasteiger partial charge in [0.15, 0.2) is 0 Å². The number of piperidine rings is 1. The molecule has 3 aliphatic carbocycles. The molecule has 1 heterocycles. The molecular formula is C28H34N2O2. The number of ether oxygens (including phenoxy) is 1. The number of hydrogen-bond acceptors (Lipinski definition) is 3. The van der Waals surface area contributed by atoms with Crippen molar-refractivity contribution >= 4 is 5.91 Å². The minimum atomic E-state index is 0.124. The van der Waals surface area contributed by atoms with E-state index in [4.69, 9.17) is 4.74 Å². The minimum absolute atomic E-state index is 0.124. The van der Waals surface area contributed by atoms with Gasteiger partial charge in [-0.25, -0.2) is 0 Å².